The zero-order valence-electron chi connectivity index (χ0n) is 10.8. The van der Waals surface area contributed by atoms with Crippen molar-refractivity contribution in [2.45, 2.75) is 25.1 Å². The van der Waals surface area contributed by atoms with Gasteiger partial charge in [0, 0.05) is 6.54 Å². The van der Waals surface area contributed by atoms with Crippen LogP contribution >= 0.6 is 11.6 Å². The summed E-state index contributed by atoms with van der Waals surface area (Å²) < 4.78 is 69.1. The Morgan fingerprint density at radius 3 is 2.52 bits per heavy atom. The van der Waals surface area contributed by atoms with Gasteiger partial charge in [0.2, 0.25) is 0 Å². The van der Waals surface area contributed by atoms with Crippen molar-refractivity contribution in [3.05, 3.63) is 28.8 Å². The van der Waals surface area contributed by atoms with Crippen LogP contribution in [-0.2, 0) is 4.74 Å². The van der Waals surface area contributed by atoms with Gasteiger partial charge in [0.1, 0.15) is 10.8 Å². The summed E-state index contributed by atoms with van der Waals surface area (Å²) in [5, 5.41) is 2.05. The Morgan fingerprint density at radius 2 is 1.95 bits per heavy atom. The summed E-state index contributed by atoms with van der Waals surface area (Å²) in [6.45, 7) is -0.272. The molecule has 1 N–H and O–H groups in total. The second-order valence-electron chi connectivity index (χ2n) is 4.88. The van der Waals surface area contributed by atoms with Crippen molar-refractivity contribution in [1.29, 1.82) is 0 Å². The van der Waals surface area contributed by atoms with Crippen molar-refractivity contribution < 1.29 is 26.7 Å². The van der Waals surface area contributed by atoms with Crippen LogP contribution in [0.25, 0.3) is 0 Å². The highest BCUT2D eigenvalue weighted by Crippen LogP contribution is 2.34. The number of halogens is 6. The molecule has 1 fully saturated rings. The Balaban J connectivity index is 1.87. The summed E-state index contributed by atoms with van der Waals surface area (Å²) in [4.78, 5) is 0. The number of alkyl halides is 3. The highest BCUT2D eigenvalue weighted by molar-refractivity contribution is 6.31. The molecule has 8 heteroatoms. The third-order valence-electron chi connectivity index (χ3n) is 3.39. The van der Waals surface area contributed by atoms with Crippen LogP contribution in [0.3, 0.4) is 0 Å². The molecule has 1 aromatic rings. The van der Waals surface area contributed by atoms with Gasteiger partial charge in [-0.2, -0.15) is 13.2 Å². The molecular weight excluding hydrogens is 317 g/mol. The molecule has 0 saturated carbocycles. The van der Waals surface area contributed by atoms with Gasteiger partial charge in [0.25, 0.3) is 0 Å². The molecule has 0 unspecified atom stereocenters. The average molecular weight is 330 g/mol. The van der Waals surface area contributed by atoms with E-state index in [1.807, 2.05) is 0 Å². The van der Waals surface area contributed by atoms with E-state index < -0.39 is 41.5 Å². The molecule has 0 radical (unpaired) electrons. The van der Waals surface area contributed by atoms with Crippen molar-refractivity contribution in [1.82, 2.24) is 0 Å². The molecule has 118 valence electrons. The highest BCUT2D eigenvalue weighted by Gasteiger charge is 2.42. The summed E-state index contributed by atoms with van der Waals surface area (Å²) in [7, 11) is 0. The zero-order chi connectivity index (χ0) is 15.6. The highest BCUT2D eigenvalue weighted by atomic mass is 35.5. The summed E-state index contributed by atoms with van der Waals surface area (Å²) >= 11 is 5.43. The second-order valence-corrected chi connectivity index (χ2v) is 5.25. The maximum Gasteiger partial charge on any atom is 0.394 e. The summed E-state index contributed by atoms with van der Waals surface area (Å²) in [6.07, 6.45) is -4.52. The normalized spacial score (nSPS) is 23.1. The topological polar surface area (TPSA) is 21.3 Å². The van der Waals surface area contributed by atoms with E-state index >= 15 is 0 Å². The van der Waals surface area contributed by atoms with E-state index in [4.69, 9.17) is 16.3 Å². The molecule has 0 spiro atoms. The Kier molecular flexibility index (Phi) is 4.93. The lowest BCUT2D eigenvalue weighted by molar-refractivity contribution is -0.206. The minimum absolute atomic E-state index is 0.0112. The molecule has 0 bridgehead atoms. The van der Waals surface area contributed by atoms with E-state index in [0.29, 0.717) is 0 Å². The largest absolute Gasteiger partial charge is 0.394 e. The quantitative estimate of drug-likeness (QED) is 0.656. The maximum atomic E-state index is 13.6. The molecule has 1 saturated heterocycles. The molecule has 0 amide bonds. The second kappa shape index (κ2) is 6.36. The number of benzene rings is 1. The van der Waals surface area contributed by atoms with E-state index in [-0.39, 0.29) is 25.1 Å². The number of hydrogen-bond donors (Lipinski definition) is 1. The van der Waals surface area contributed by atoms with Crippen molar-refractivity contribution in [3.63, 3.8) is 0 Å². The molecule has 2 nitrogen and oxygen atoms in total. The van der Waals surface area contributed by atoms with Gasteiger partial charge in [-0.3, -0.25) is 0 Å². The van der Waals surface area contributed by atoms with Crippen LogP contribution in [0.1, 0.15) is 12.8 Å². The lowest BCUT2D eigenvalue weighted by atomic mass is 9.98. The van der Waals surface area contributed by atoms with Gasteiger partial charge in [-0.25, -0.2) is 8.78 Å². The molecule has 2 rings (SSSR count). The van der Waals surface area contributed by atoms with Crippen LogP contribution in [0.5, 0.6) is 0 Å². The SMILES string of the molecule is Fc1ccc(NC[C@H]2CC[C@H](C(F)(F)F)CO2)c(F)c1Cl. The smallest absolute Gasteiger partial charge is 0.380 e. The molecule has 1 aliphatic heterocycles. The first-order valence-corrected chi connectivity index (χ1v) is 6.72. The van der Waals surface area contributed by atoms with Crippen molar-refractivity contribution >= 4 is 17.3 Å². The number of rotatable bonds is 3. The third kappa shape index (κ3) is 3.97. The first kappa shape index (κ1) is 16.3. The average Bonchev–Trinajstić information content (AvgIpc) is 2.43. The molecule has 0 aliphatic carbocycles. The molecular formula is C13H13ClF5NO. The fourth-order valence-electron chi connectivity index (χ4n) is 2.11. The van der Waals surface area contributed by atoms with Gasteiger partial charge in [-0.05, 0) is 25.0 Å². The molecule has 1 aromatic carbocycles. The zero-order valence-corrected chi connectivity index (χ0v) is 11.6. The van der Waals surface area contributed by atoms with E-state index in [1.165, 1.54) is 6.07 Å². The van der Waals surface area contributed by atoms with E-state index in [1.54, 1.807) is 0 Å². The van der Waals surface area contributed by atoms with Gasteiger partial charge in [0.05, 0.1) is 24.3 Å². The van der Waals surface area contributed by atoms with Crippen molar-refractivity contribution in [2.75, 3.05) is 18.5 Å². The van der Waals surface area contributed by atoms with E-state index in [9.17, 15) is 22.0 Å². The summed E-state index contributed by atoms with van der Waals surface area (Å²) in [5.74, 6) is -3.26. The van der Waals surface area contributed by atoms with Crippen LogP contribution in [0.4, 0.5) is 27.6 Å². The van der Waals surface area contributed by atoms with Crippen LogP contribution < -0.4 is 5.32 Å². The summed E-state index contributed by atoms with van der Waals surface area (Å²) in [6, 6.07) is 2.19. The van der Waals surface area contributed by atoms with Gasteiger partial charge in [0.15, 0.2) is 5.82 Å². The lowest BCUT2D eigenvalue weighted by Gasteiger charge is -2.30. The van der Waals surface area contributed by atoms with E-state index in [0.717, 1.165) is 6.07 Å². The first-order chi connectivity index (χ1) is 9.79. The Labute approximate surface area is 123 Å². The number of anilines is 1. The van der Waals surface area contributed by atoms with Gasteiger partial charge < -0.3 is 10.1 Å². The van der Waals surface area contributed by atoms with Gasteiger partial charge >= 0.3 is 6.18 Å². The van der Waals surface area contributed by atoms with E-state index in [2.05, 4.69) is 5.32 Å². The Hall–Kier alpha value is -1.08. The van der Waals surface area contributed by atoms with Crippen LogP contribution in [0.15, 0.2) is 12.1 Å². The maximum absolute atomic E-state index is 13.6. The van der Waals surface area contributed by atoms with Crippen LogP contribution in [0.2, 0.25) is 5.02 Å². The number of ether oxygens (including phenoxy) is 1. The number of nitrogens with one attached hydrogen (secondary N) is 1. The molecule has 1 heterocycles. The molecule has 0 aromatic heterocycles. The third-order valence-corrected chi connectivity index (χ3v) is 3.73. The van der Waals surface area contributed by atoms with Gasteiger partial charge in [-0.1, -0.05) is 11.6 Å². The van der Waals surface area contributed by atoms with Crippen molar-refractivity contribution in [3.8, 4) is 0 Å². The minimum Gasteiger partial charge on any atom is -0.380 e. The first-order valence-electron chi connectivity index (χ1n) is 6.34. The number of hydrogen-bond acceptors (Lipinski definition) is 2. The minimum atomic E-state index is -4.25. The predicted molar refractivity (Wildman–Crippen MR) is 68.4 cm³/mol. The lowest BCUT2D eigenvalue weighted by Crippen LogP contribution is -2.37. The Bertz CT molecular complexity index is 500. The monoisotopic (exact) mass is 329 g/mol. The molecule has 1 aliphatic rings. The fraction of sp³-hybridized carbons (Fsp3) is 0.538. The van der Waals surface area contributed by atoms with Gasteiger partial charge in [-0.15, -0.1) is 0 Å². The van der Waals surface area contributed by atoms with Crippen molar-refractivity contribution in [2.24, 2.45) is 5.92 Å². The van der Waals surface area contributed by atoms with Crippen LogP contribution in [0, 0.1) is 17.6 Å². The van der Waals surface area contributed by atoms with Crippen LogP contribution in [-0.4, -0.2) is 25.4 Å². The summed E-state index contributed by atoms with van der Waals surface area (Å²) in [5.41, 5.74) is -0.0112. The molecule has 2 atom stereocenters. The standard InChI is InChI=1S/C13H13ClF5NO/c14-11-9(15)3-4-10(12(11)16)20-5-8-2-1-7(6-21-8)13(17,18)19/h3-4,7-8,20H,1-2,5-6H2/t7-,8+/m0/s1. The Morgan fingerprint density at radius 1 is 1.24 bits per heavy atom. The molecule has 21 heavy (non-hydrogen) atoms. The predicted octanol–water partition coefficient (Wildman–Crippen LogP) is 4.39. The fourth-order valence-corrected chi connectivity index (χ4v) is 2.28.